The van der Waals surface area contributed by atoms with Gasteiger partial charge in [0.25, 0.3) is 0 Å². The Morgan fingerprint density at radius 2 is 2.15 bits per heavy atom. The lowest BCUT2D eigenvalue weighted by atomic mass is 10.1. The number of nitrogens with zero attached hydrogens (tertiary/aromatic N) is 2. The van der Waals surface area contributed by atoms with Gasteiger partial charge in [-0.3, -0.25) is 4.99 Å². The maximum absolute atomic E-state index is 5.93. The van der Waals surface area contributed by atoms with Crippen LogP contribution in [-0.4, -0.2) is 56.4 Å². The minimum absolute atomic E-state index is 0. The van der Waals surface area contributed by atoms with Gasteiger partial charge in [-0.05, 0) is 31.7 Å². The van der Waals surface area contributed by atoms with E-state index >= 15 is 0 Å². The van der Waals surface area contributed by atoms with Gasteiger partial charge >= 0.3 is 0 Å². The van der Waals surface area contributed by atoms with Crippen LogP contribution in [0.25, 0.3) is 0 Å². The summed E-state index contributed by atoms with van der Waals surface area (Å²) in [4.78, 5) is 7.18. The van der Waals surface area contributed by atoms with Gasteiger partial charge in [0, 0.05) is 32.2 Å². The molecular weight excluding hydrogens is 441 g/mol. The lowest BCUT2D eigenvalue weighted by Gasteiger charge is -2.22. The Bertz CT molecular complexity index is 535. The molecule has 2 unspecified atom stereocenters. The molecule has 0 aromatic heterocycles. The number of hydrogen-bond donors (Lipinski definition) is 1. The zero-order chi connectivity index (χ0) is 17.3. The topological polar surface area (TPSA) is 46.1 Å². The van der Waals surface area contributed by atoms with Gasteiger partial charge in [-0.2, -0.15) is 0 Å². The molecule has 2 fully saturated rings. The van der Waals surface area contributed by atoms with Crippen molar-refractivity contribution < 1.29 is 9.47 Å². The van der Waals surface area contributed by atoms with Gasteiger partial charge in [0.15, 0.2) is 5.96 Å². The fourth-order valence-electron chi connectivity index (χ4n) is 3.48. The molecule has 3 rings (SSSR count). The SMILES string of the molecule is CCNC(=NCC1CCCO1)N1CCC(COCc2ccccc2)C1.I. The lowest BCUT2D eigenvalue weighted by molar-refractivity contribution is 0.0906. The highest BCUT2D eigenvalue weighted by molar-refractivity contribution is 14.0. The third kappa shape index (κ3) is 6.70. The maximum Gasteiger partial charge on any atom is 0.194 e. The first-order valence-corrected chi connectivity index (χ1v) is 9.61. The number of nitrogens with one attached hydrogen (secondary N) is 1. The molecule has 2 heterocycles. The van der Waals surface area contributed by atoms with Crippen molar-refractivity contribution in [3.05, 3.63) is 35.9 Å². The van der Waals surface area contributed by atoms with E-state index in [4.69, 9.17) is 14.5 Å². The summed E-state index contributed by atoms with van der Waals surface area (Å²) in [5.74, 6) is 1.61. The monoisotopic (exact) mass is 473 g/mol. The molecule has 0 aliphatic carbocycles. The van der Waals surface area contributed by atoms with Crippen LogP contribution in [-0.2, 0) is 16.1 Å². The van der Waals surface area contributed by atoms with Crippen LogP contribution in [0.1, 0.15) is 31.7 Å². The number of hydrogen-bond acceptors (Lipinski definition) is 3. The molecule has 5 nitrogen and oxygen atoms in total. The molecule has 1 N–H and O–H groups in total. The molecule has 0 amide bonds. The second-order valence-corrected chi connectivity index (χ2v) is 6.93. The number of halogens is 1. The average Bonchev–Trinajstić information content (AvgIpc) is 3.32. The standard InChI is InChI=1S/C20H31N3O2.HI/c1-2-21-20(22-13-19-9-6-12-25-19)23-11-10-18(14-23)16-24-15-17-7-4-3-5-8-17;/h3-5,7-8,18-19H,2,6,9-16H2,1H3,(H,21,22);1H. The minimum Gasteiger partial charge on any atom is -0.376 e. The van der Waals surface area contributed by atoms with Gasteiger partial charge in [-0.15, -0.1) is 24.0 Å². The van der Waals surface area contributed by atoms with E-state index in [0.29, 0.717) is 18.6 Å². The molecule has 1 aromatic rings. The third-order valence-electron chi connectivity index (χ3n) is 4.85. The first-order chi connectivity index (χ1) is 12.3. The van der Waals surface area contributed by atoms with Crippen LogP contribution in [0.4, 0.5) is 0 Å². The van der Waals surface area contributed by atoms with E-state index in [1.165, 1.54) is 18.4 Å². The van der Waals surface area contributed by atoms with E-state index in [1.807, 2.05) is 6.07 Å². The minimum atomic E-state index is 0. The van der Waals surface area contributed by atoms with Crippen molar-refractivity contribution >= 4 is 29.9 Å². The van der Waals surface area contributed by atoms with Crippen LogP contribution in [0.15, 0.2) is 35.3 Å². The van der Waals surface area contributed by atoms with E-state index in [0.717, 1.165) is 51.8 Å². The summed E-state index contributed by atoms with van der Waals surface area (Å²) in [5, 5.41) is 3.43. The average molecular weight is 473 g/mol. The summed E-state index contributed by atoms with van der Waals surface area (Å²) in [6.07, 6.45) is 3.78. The van der Waals surface area contributed by atoms with Crippen LogP contribution in [0.2, 0.25) is 0 Å². The van der Waals surface area contributed by atoms with Gasteiger partial charge in [0.1, 0.15) is 0 Å². The van der Waals surface area contributed by atoms with E-state index in [1.54, 1.807) is 0 Å². The molecule has 0 saturated carbocycles. The van der Waals surface area contributed by atoms with Crippen molar-refractivity contribution in [1.82, 2.24) is 10.2 Å². The van der Waals surface area contributed by atoms with E-state index in [9.17, 15) is 0 Å². The molecule has 0 spiro atoms. The maximum atomic E-state index is 5.93. The smallest absolute Gasteiger partial charge is 0.194 e. The summed E-state index contributed by atoms with van der Waals surface area (Å²) in [7, 11) is 0. The summed E-state index contributed by atoms with van der Waals surface area (Å²) in [6, 6.07) is 10.4. The Labute approximate surface area is 174 Å². The first kappa shape index (κ1) is 21.4. The molecule has 0 radical (unpaired) electrons. The summed E-state index contributed by atoms with van der Waals surface area (Å²) < 4.78 is 11.6. The number of rotatable bonds is 7. The van der Waals surface area contributed by atoms with Gasteiger partial charge in [0.05, 0.1) is 25.9 Å². The van der Waals surface area contributed by atoms with E-state index in [2.05, 4.69) is 41.4 Å². The number of guanidine groups is 1. The van der Waals surface area contributed by atoms with Crippen LogP contribution >= 0.6 is 24.0 Å². The zero-order valence-corrected chi connectivity index (χ0v) is 18.1. The number of likely N-dealkylation sites (tertiary alicyclic amines) is 1. The Hall–Kier alpha value is -0.860. The van der Waals surface area contributed by atoms with E-state index < -0.39 is 0 Å². The molecule has 2 aliphatic rings. The predicted molar refractivity (Wildman–Crippen MR) is 116 cm³/mol. The third-order valence-corrected chi connectivity index (χ3v) is 4.85. The Morgan fingerprint density at radius 1 is 1.31 bits per heavy atom. The van der Waals surface area contributed by atoms with Gasteiger partial charge in [-0.25, -0.2) is 0 Å². The molecule has 2 atom stereocenters. The zero-order valence-electron chi connectivity index (χ0n) is 15.7. The lowest BCUT2D eigenvalue weighted by Crippen LogP contribution is -2.40. The van der Waals surface area contributed by atoms with Crippen molar-refractivity contribution in [3.63, 3.8) is 0 Å². The highest BCUT2D eigenvalue weighted by Crippen LogP contribution is 2.18. The predicted octanol–water partition coefficient (Wildman–Crippen LogP) is 3.29. The second-order valence-electron chi connectivity index (χ2n) is 6.93. The second kappa shape index (κ2) is 11.8. The molecule has 2 saturated heterocycles. The quantitative estimate of drug-likeness (QED) is 0.375. The van der Waals surface area contributed by atoms with Crippen molar-refractivity contribution in [3.8, 4) is 0 Å². The summed E-state index contributed by atoms with van der Waals surface area (Å²) in [5.41, 5.74) is 1.24. The van der Waals surface area contributed by atoms with E-state index in [-0.39, 0.29) is 24.0 Å². The molecule has 26 heavy (non-hydrogen) atoms. The number of aliphatic imine (C=N–C) groups is 1. The largest absolute Gasteiger partial charge is 0.376 e. The molecule has 1 aromatic carbocycles. The molecule has 0 bridgehead atoms. The molecular formula is C20H32IN3O2. The highest BCUT2D eigenvalue weighted by atomic mass is 127. The summed E-state index contributed by atoms with van der Waals surface area (Å²) in [6.45, 7) is 8.27. The number of ether oxygens (including phenoxy) is 2. The Kier molecular flexibility index (Phi) is 9.71. The molecule has 2 aliphatic heterocycles. The molecule has 146 valence electrons. The van der Waals surface area contributed by atoms with Crippen molar-refractivity contribution in [2.75, 3.05) is 39.4 Å². The first-order valence-electron chi connectivity index (χ1n) is 9.61. The fraction of sp³-hybridized carbons (Fsp3) is 0.650. The Balaban J connectivity index is 0.00000243. The highest BCUT2D eigenvalue weighted by Gasteiger charge is 2.25. The fourth-order valence-corrected chi connectivity index (χ4v) is 3.48. The van der Waals surface area contributed by atoms with Crippen molar-refractivity contribution in [1.29, 1.82) is 0 Å². The number of benzene rings is 1. The van der Waals surface area contributed by atoms with Crippen LogP contribution in [0.3, 0.4) is 0 Å². The van der Waals surface area contributed by atoms with Crippen LogP contribution in [0, 0.1) is 5.92 Å². The van der Waals surface area contributed by atoms with Gasteiger partial charge in [0.2, 0.25) is 0 Å². The van der Waals surface area contributed by atoms with Crippen LogP contribution in [0.5, 0.6) is 0 Å². The van der Waals surface area contributed by atoms with Crippen molar-refractivity contribution in [2.24, 2.45) is 10.9 Å². The normalized spacial score (nSPS) is 23.1. The van der Waals surface area contributed by atoms with Crippen LogP contribution < -0.4 is 5.32 Å². The summed E-state index contributed by atoms with van der Waals surface area (Å²) >= 11 is 0. The Morgan fingerprint density at radius 3 is 2.88 bits per heavy atom. The van der Waals surface area contributed by atoms with Gasteiger partial charge in [-0.1, -0.05) is 30.3 Å². The van der Waals surface area contributed by atoms with Crippen molar-refractivity contribution in [2.45, 2.75) is 38.9 Å². The van der Waals surface area contributed by atoms with Gasteiger partial charge < -0.3 is 19.7 Å². The molecule has 6 heteroatoms.